The third-order valence-electron chi connectivity index (χ3n) is 3.65. The van der Waals surface area contributed by atoms with Crippen LogP contribution in [0.2, 0.25) is 0 Å². The molecule has 0 fully saturated rings. The normalized spacial score (nSPS) is 13.8. The molecule has 1 rings (SSSR count). The van der Waals surface area contributed by atoms with Gasteiger partial charge in [0.1, 0.15) is 5.82 Å². The van der Waals surface area contributed by atoms with Crippen LogP contribution in [0.5, 0.6) is 0 Å². The van der Waals surface area contributed by atoms with Crippen LogP contribution in [0.25, 0.3) is 0 Å². The van der Waals surface area contributed by atoms with Crippen LogP contribution >= 0.6 is 15.9 Å². The van der Waals surface area contributed by atoms with Crippen molar-refractivity contribution >= 4 is 15.9 Å². The van der Waals surface area contributed by atoms with Gasteiger partial charge in [0.15, 0.2) is 0 Å². The van der Waals surface area contributed by atoms with Crippen LogP contribution in [-0.2, 0) is 0 Å². The zero-order chi connectivity index (χ0) is 15.3. The molecule has 1 unspecified atom stereocenters. The maximum Gasteiger partial charge on any atom is 0.128 e. The van der Waals surface area contributed by atoms with E-state index in [2.05, 4.69) is 48.5 Å². The van der Waals surface area contributed by atoms with Gasteiger partial charge in [0, 0.05) is 22.6 Å². The van der Waals surface area contributed by atoms with E-state index in [1.165, 1.54) is 6.07 Å². The van der Waals surface area contributed by atoms with Crippen LogP contribution in [0.4, 0.5) is 4.39 Å². The highest BCUT2D eigenvalue weighted by atomic mass is 79.9. The Morgan fingerprint density at radius 2 is 2.05 bits per heavy atom. The van der Waals surface area contributed by atoms with Crippen LogP contribution in [-0.4, -0.2) is 24.5 Å². The number of hydrogen-bond acceptors (Lipinski definition) is 2. The van der Waals surface area contributed by atoms with Gasteiger partial charge in [-0.05, 0) is 50.0 Å². The summed E-state index contributed by atoms with van der Waals surface area (Å²) < 4.78 is 15.0. The van der Waals surface area contributed by atoms with Crippen molar-refractivity contribution in [2.45, 2.75) is 40.2 Å². The van der Waals surface area contributed by atoms with Crippen molar-refractivity contribution in [3.63, 3.8) is 0 Å². The first-order valence-corrected chi connectivity index (χ1v) is 7.99. The lowest BCUT2D eigenvalue weighted by atomic mass is 9.91. The molecule has 0 spiro atoms. The molecular formula is C16H26BrFN2. The van der Waals surface area contributed by atoms with E-state index in [9.17, 15) is 4.39 Å². The van der Waals surface area contributed by atoms with Crippen LogP contribution in [0.15, 0.2) is 22.7 Å². The molecule has 2 N–H and O–H groups in total. The lowest BCUT2D eigenvalue weighted by Crippen LogP contribution is -2.40. The third-order valence-corrected chi connectivity index (χ3v) is 4.14. The van der Waals surface area contributed by atoms with Crippen molar-refractivity contribution in [1.29, 1.82) is 0 Å². The Morgan fingerprint density at radius 3 is 2.60 bits per heavy atom. The summed E-state index contributed by atoms with van der Waals surface area (Å²) in [5.41, 5.74) is 6.61. The fourth-order valence-electron chi connectivity index (χ4n) is 2.34. The van der Waals surface area contributed by atoms with E-state index < -0.39 is 0 Å². The van der Waals surface area contributed by atoms with Crippen LogP contribution in [0.3, 0.4) is 0 Å². The molecule has 2 nitrogen and oxygen atoms in total. The van der Waals surface area contributed by atoms with E-state index in [1.54, 1.807) is 6.07 Å². The second kappa shape index (κ2) is 7.53. The average Bonchev–Trinajstić information content (AvgIpc) is 2.40. The van der Waals surface area contributed by atoms with Gasteiger partial charge < -0.3 is 5.73 Å². The lowest BCUT2D eigenvalue weighted by molar-refractivity contribution is 0.138. The minimum atomic E-state index is -0.146. The molecule has 0 radical (unpaired) electrons. The molecule has 1 aromatic carbocycles. The highest BCUT2D eigenvalue weighted by Gasteiger charge is 2.25. The van der Waals surface area contributed by atoms with Gasteiger partial charge in [0.05, 0.1) is 0 Å². The number of nitrogens with two attached hydrogens (primary N) is 1. The minimum absolute atomic E-state index is 0.0336. The average molecular weight is 345 g/mol. The van der Waals surface area contributed by atoms with E-state index in [-0.39, 0.29) is 17.3 Å². The Balaban J connectivity index is 2.98. The number of hydrogen-bond donors (Lipinski definition) is 1. The largest absolute Gasteiger partial charge is 0.330 e. The Morgan fingerprint density at radius 1 is 1.40 bits per heavy atom. The van der Waals surface area contributed by atoms with Gasteiger partial charge in [0.25, 0.3) is 0 Å². The summed E-state index contributed by atoms with van der Waals surface area (Å²) in [6.07, 6.45) is 1.04. The van der Waals surface area contributed by atoms with Crippen LogP contribution in [0.1, 0.15) is 45.7 Å². The lowest BCUT2D eigenvalue weighted by Gasteiger charge is -2.36. The second-order valence-corrected chi connectivity index (χ2v) is 7.10. The van der Waals surface area contributed by atoms with E-state index >= 15 is 0 Å². The van der Waals surface area contributed by atoms with E-state index in [0.717, 1.165) is 29.5 Å². The topological polar surface area (TPSA) is 29.3 Å². The molecule has 0 aliphatic carbocycles. The monoisotopic (exact) mass is 344 g/mol. The number of benzene rings is 1. The van der Waals surface area contributed by atoms with Crippen molar-refractivity contribution in [2.24, 2.45) is 11.1 Å². The smallest absolute Gasteiger partial charge is 0.128 e. The molecule has 1 atom stereocenters. The molecule has 0 heterocycles. The predicted octanol–water partition coefficient (Wildman–Crippen LogP) is 4.35. The Hall–Kier alpha value is -0.450. The van der Waals surface area contributed by atoms with Crippen molar-refractivity contribution in [3.05, 3.63) is 34.1 Å². The summed E-state index contributed by atoms with van der Waals surface area (Å²) in [5.74, 6) is -0.146. The summed E-state index contributed by atoms with van der Waals surface area (Å²) in [7, 11) is 0. The van der Waals surface area contributed by atoms with Gasteiger partial charge in [-0.15, -0.1) is 0 Å². The van der Waals surface area contributed by atoms with Gasteiger partial charge in [0.2, 0.25) is 0 Å². The molecule has 1 aromatic rings. The van der Waals surface area contributed by atoms with Crippen molar-refractivity contribution in [3.8, 4) is 0 Å². The Bertz CT molecular complexity index is 434. The molecule has 4 heteroatoms. The Labute approximate surface area is 130 Å². The van der Waals surface area contributed by atoms with Crippen LogP contribution < -0.4 is 5.73 Å². The van der Waals surface area contributed by atoms with Crippen LogP contribution in [0, 0.1) is 11.2 Å². The number of halogens is 2. The number of rotatable bonds is 7. The van der Waals surface area contributed by atoms with E-state index in [0.29, 0.717) is 6.54 Å². The fourth-order valence-corrected chi connectivity index (χ4v) is 2.72. The first kappa shape index (κ1) is 17.6. The van der Waals surface area contributed by atoms with E-state index in [4.69, 9.17) is 5.73 Å². The molecule has 0 saturated carbocycles. The third kappa shape index (κ3) is 4.83. The van der Waals surface area contributed by atoms with Crippen molar-refractivity contribution in [1.82, 2.24) is 4.90 Å². The highest BCUT2D eigenvalue weighted by molar-refractivity contribution is 9.10. The Kier molecular flexibility index (Phi) is 6.62. The first-order chi connectivity index (χ1) is 9.30. The zero-order valence-electron chi connectivity index (χ0n) is 12.9. The molecule has 0 aliphatic heterocycles. The molecule has 0 aliphatic rings. The molecule has 0 saturated heterocycles. The molecule has 0 bridgehead atoms. The van der Waals surface area contributed by atoms with Gasteiger partial charge in [-0.3, -0.25) is 4.90 Å². The summed E-state index contributed by atoms with van der Waals surface area (Å²) in [5, 5.41) is 0. The SMILES string of the molecule is CCCN(CC(C)(C)CN)C(C)c1cc(Br)ccc1F. The van der Waals surface area contributed by atoms with Gasteiger partial charge in [-0.1, -0.05) is 36.7 Å². The summed E-state index contributed by atoms with van der Waals surface area (Å²) in [4.78, 5) is 2.32. The van der Waals surface area contributed by atoms with Crippen molar-refractivity contribution in [2.75, 3.05) is 19.6 Å². The standard InChI is InChI=1S/C16H26BrFN2/c1-5-8-20(11-16(3,4)10-19)12(2)14-9-13(17)6-7-15(14)18/h6-7,9,12H,5,8,10-11,19H2,1-4H3. The molecule has 0 amide bonds. The molecule has 0 aromatic heterocycles. The second-order valence-electron chi connectivity index (χ2n) is 6.18. The van der Waals surface area contributed by atoms with E-state index in [1.807, 2.05) is 6.07 Å². The quantitative estimate of drug-likeness (QED) is 0.796. The van der Waals surface area contributed by atoms with Gasteiger partial charge >= 0.3 is 0 Å². The zero-order valence-corrected chi connectivity index (χ0v) is 14.5. The minimum Gasteiger partial charge on any atom is -0.330 e. The first-order valence-electron chi connectivity index (χ1n) is 7.20. The maximum atomic E-state index is 14.1. The highest BCUT2D eigenvalue weighted by Crippen LogP contribution is 2.28. The summed E-state index contributed by atoms with van der Waals surface area (Å²) in [6, 6.07) is 5.17. The predicted molar refractivity (Wildman–Crippen MR) is 87.2 cm³/mol. The fraction of sp³-hybridized carbons (Fsp3) is 0.625. The van der Waals surface area contributed by atoms with Gasteiger partial charge in [-0.25, -0.2) is 4.39 Å². The summed E-state index contributed by atoms with van der Waals surface area (Å²) >= 11 is 3.42. The van der Waals surface area contributed by atoms with Gasteiger partial charge in [-0.2, -0.15) is 0 Å². The molecular weight excluding hydrogens is 319 g/mol. The van der Waals surface area contributed by atoms with Crippen molar-refractivity contribution < 1.29 is 4.39 Å². The maximum absolute atomic E-state index is 14.1. The molecule has 114 valence electrons. The number of nitrogens with zero attached hydrogens (tertiary/aromatic N) is 1. The molecule has 20 heavy (non-hydrogen) atoms. The summed E-state index contributed by atoms with van der Waals surface area (Å²) in [6.45, 7) is 10.9.